The molecule has 0 radical (unpaired) electrons. The number of nitrogens with one attached hydrogen (secondary N) is 2. The molecule has 2 aromatic rings. The number of hydrogen-bond donors (Lipinski definition) is 2. The molecule has 0 saturated heterocycles. The highest BCUT2D eigenvalue weighted by molar-refractivity contribution is 7.18. The van der Waals surface area contributed by atoms with Crippen molar-refractivity contribution in [2.45, 2.75) is 32.2 Å². The van der Waals surface area contributed by atoms with Crippen molar-refractivity contribution in [2.24, 2.45) is 0 Å². The highest BCUT2D eigenvalue weighted by atomic mass is 32.1. The summed E-state index contributed by atoms with van der Waals surface area (Å²) < 4.78 is 1.20. The van der Waals surface area contributed by atoms with E-state index in [-0.39, 0.29) is 11.9 Å². The molecule has 1 heterocycles. The fourth-order valence-corrected chi connectivity index (χ4v) is 3.19. The summed E-state index contributed by atoms with van der Waals surface area (Å²) in [6.45, 7) is 2.90. The number of carbonyl (C=O) groups excluding carboxylic acids is 1. The number of benzene rings is 1. The zero-order valence-corrected chi connectivity index (χ0v) is 12.8. The Kier molecular flexibility index (Phi) is 5.49. The van der Waals surface area contributed by atoms with E-state index in [2.05, 4.69) is 21.7 Å². The van der Waals surface area contributed by atoms with Gasteiger partial charge in [0.15, 0.2) is 0 Å². The normalized spacial score (nSPS) is 12.5. The lowest BCUT2D eigenvalue weighted by Crippen LogP contribution is -2.34. The van der Waals surface area contributed by atoms with E-state index >= 15 is 0 Å². The molecule has 1 aromatic heterocycles. The predicted molar refractivity (Wildman–Crippen MR) is 84.1 cm³/mol. The van der Waals surface area contributed by atoms with Gasteiger partial charge in [0.05, 0.1) is 15.2 Å². The Balaban J connectivity index is 1.84. The van der Waals surface area contributed by atoms with Crippen molar-refractivity contribution in [3.63, 3.8) is 0 Å². The van der Waals surface area contributed by atoms with Crippen LogP contribution in [-0.2, 0) is 11.2 Å². The van der Waals surface area contributed by atoms with Crippen molar-refractivity contribution < 1.29 is 4.79 Å². The smallest absolute Gasteiger partial charge is 0.220 e. The molecule has 2 rings (SSSR count). The standard InChI is InChI=1S/C15H21N3OS/c1-11(17-14(19)8-5-9-16-2)10-15-18-12-6-3-4-7-13(12)20-15/h3-4,6-7,11,16H,5,8-10H2,1-2H3,(H,17,19). The van der Waals surface area contributed by atoms with Crippen molar-refractivity contribution in [3.05, 3.63) is 29.3 Å². The van der Waals surface area contributed by atoms with Gasteiger partial charge in [-0.15, -0.1) is 11.3 Å². The first-order valence-corrected chi connectivity index (χ1v) is 7.79. The minimum Gasteiger partial charge on any atom is -0.353 e. The van der Waals surface area contributed by atoms with Crippen LogP contribution in [0.4, 0.5) is 0 Å². The second kappa shape index (κ2) is 7.36. The lowest BCUT2D eigenvalue weighted by molar-refractivity contribution is -0.121. The topological polar surface area (TPSA) is 54.0 Å². The molecule has 0 aliphatic carbocycles. The van der Waals surface area contributed by atoms with Crippen LogP contribution in [0.25, 0.3) is 10.2 Å². The van der Waals surface area contributed by atoms with Crippen LogP contribution in [0, 0.1) is 0 Å². The number of aromatic nitrogens is 1. The molecule has 1 atom stereocenters. The van der Waals surface area contributed by atoms with Gasteiger partial charge in [-0.2, -0.15) is 0 Å². The van der Waals surface area contributed by atoms with Crippen LogP contribution in [0.2, 0.25) is 0 Å². The molecule has 4 nitrogen and oxygen atoms in total. The van der Waals surface area contributed by atoms with Gasteiger partial charge >= 0.3 is 0 Å². The molecule has 20 heavy (non-hydrogen) atoms. The van der Waals surface area contributed by atoms with Gasteiger partial charge in [0.2, 0.25) is 5.91 Å². The molecule has 0 aliphatic heterocycles. The minimum atomic E-state index is 0.119. The molecule has 0 saturated carbocycles. The maximum absolute atomic E-state index is 11.7. The summed E-state index contributed by atoms with van der Waals surface area (Å²) in [5.74, 6) is 0.119. The van der Waals surface area contributed by atoms with Crippen LogP contribution in [-0.4, -0.2) is 30.5 Å². The van der Waals surface area contributed by atoms with E-state index in [0.29, 0.717) is 6.42 Å². The second-order valence-corrected chi connectivity index (χ2v) is 6.07. The Labute approximate surface area is 123 Å². The first kappa shape index (κ1) is 14.9. The molecule has 1 aromatic carbocycles. The summed E-state index contributed by atoms with van der Waals surface area (Å²) in [6.07, 6.45) is 2.23. The van der Waals surface area contributed by atoms with Crippen molar-refractivity contribution in [3.8, 4) is 0 Å². The molecule has 5 heteroatoms. The van der Waals surface area contributed by atoms with E-state index in [1.165, 1.54) is 4.70 Å². The number of fused-ring (bicyclic) bond motifs is 1. The molecular weight excluding hydrogens is 270 g/mol. The van der Waals surface area contributed by atoms with Gasteiger partial charge in [0, 0.05) is 18.9 Å². The first-order chi connectivity index (χ1) is 9.69. The van der Waals surface area contributed by atoms with Crippen LogP contribution < -0.4 is 10.6 Å². The van der Waals surface area contributed by atoms with Gasteiger partial charge in [-0.3, -0.25) is 4.79 Å². The summed E-state index contributed by atoms with van der Waals surface area (Å²) in [5.41, 5.74) is 1.04. The third-order valence-electron chi connectivity index (χ3n) is 3.06. The lowest BCUT2D eigenvalue weighted by atomic mass is 10.2. The number of hydrogen-bond acceptors (Lipinski definition) is 4. The molecule has 2 N–H and O–H groups in total. The molecule has 0 fully saturated rings. The van der Waals surface area contributed by atoms with Crippen molar-refractivity contribution >= 4 is 27.5 Å². The average Bonchev–Trinajstić information content (AvgIpc) is 2.80. The summed E-state index contributed by atoms with van der Waals surface area (Å²) in [5, 5.41) is 7.15. The number of thiazole rings is 1. The van der Waals surface area contributed by atoms with E-state index in [1.807, 2.05) is 32.2 Å². The largest absolute Gasteiger partial charge is 0.353 e. The van der Waals surface area contributed by atoms with Crippen LogP contribution in [0.5, 0.6) is 0 Å². The summed E-state index contributed by atoms with van der Waals surface area (Å²) in [6, 6.07) is 8.25. The number of para-hydroxylation sites is 1. The molecule has 1 amide bonds. The average molecular weight is 291 g/mol. The Bertz CT molecular complexity index is 534. The fourth-order valence-electron chi connectivity index (χ4n) is 2.09. The van der Waals surface area contributed by atoms with E-state index in [9.17, 15) is 4.79 Å². The van der Waals surface area contributed by atoms with Crippen LogP contribution >= 0.6 is 11.3 Å². The van der Waals surface area contributed by atoms with Gasteiger partial charge in [0.1, 0.15) is 0 Å². The number of amides is 1. The van der Waals surface area contributed by atoms with Gasteiger partial charge in [-0.05, 0) is 39.1 Å². The highest BCUT2D eigenvalue weighted by Gasteiger charge is 2.11. The summed E-state index contributed by atoms with van der Waals surface area (Å²) >= 11 is 1.70. The minimum absolute atomic E-state index is 0.119. The quantitative estimate of drug-likeness (QED) is 0.770. The van der Waals surface area contributed by atoms with Gasteiger partial charge in [-0.1, -0.05) is 12.1 Å². The summed E-state index contributed by atoms with van der Waals surface area (Å²) in [4.78, 5) is 16.3. The van der Waals surface area contributed by atoms with Crippen LogP contribution in [0.3, 0.4) is 0 Å². The SMILES string of the molecule is CNCCCC(=O)NC(C)Cc1nc2ccccc2s1. The Morgan fingerprint density at radius 2 is 2.20 bits per heavy atom. The highest BCUT2D eigenvalue weighted by Crippen LogP contribution is 2.22. The maximum atomic E-state index is 11.7. The van der Waals surface area contributed by atoms with Gasteiger partial charge in [-0.25, -0.2) is 4.98 Å². The number of carbonyl (C=O) groups is 1. The van der Waals surface area contributed by atoms with E-state index in [0.717, 1.165) is 29.9 Å². The fraction of sp³-hybridized carbons (Fsp3) is 0.467. The first-order valence-electron chi connectivity index (χ1n) is 6.97. The monoisotopic (exact) mass is 291 g/mol. The number of nitrogens with zero attached hydrogens (tertiary/aromatic N) is 1. The van der Waals surface area contributed by atoms with E-state index in [1.54, 1.807) is 11.3 Å². The van der Waals surface area contributed by atoms with Crippen molar-refractivity contribution in [1.82, 2.24) is 15.6 Å². The van der Waals surface area contributed by atoms with Crippen LogP contribution in [0.15, 0.2) is 24.3 Å². The molecule has 0 spiro atoms. The third kappa shape index (κ3) is 4.28. The zero-order valence-electron chi connectivity index (χ0n) is 12.0. The predicted octanol–water partition coefficient (Wildman–Crippen LogP) is 2.34. The van der Waals surface area contributed by atoms with E-state index < -0.39 is 0 Å². The summed E-state index contributed by atoms with van der Waals surface area (Å²) in [7, 11) is 1.90. The molecule has 108 valence electrons. The lowest BCUT2D eigenvalue weighted by Gasteiger charge is -2.12. The Hall–Kier alpha value is -1.46. The van der Waals surface area contributed by atoms with Gasteiger partial charge in [0.25, 0.3) is 0 Å². The second-order valence-electron chi connectivity index (χ2n) is 4.96. The molecule has 0 bridgehead atoms. The van der Waals surface area contributed by atoms with Crippen molar-refractivity contribution in [2.75, 3.05) is 13.6 Å². The third-order valence-corrected chi connectivity index (χ3v) is 4.12. The zero-order chi connectivity index (χ0) is 14.4. The Morgan fingerprint density at radius 1 is 1.40 bits per heavy atom. The van der Waals surface area contributed by atoms with E-state index in [4.69, 9.17) is 0 Å². The maximum Gasteiger partial charge on any atom is 0.220 e. The molecular formula is C15H21N3OS. The molecule has 0 aliphatic rings. The van der Waals surface area contributed by atoms with Gasteiger partial charge < -0.3 is 10.6 Å². The van der Waals surface area contributed by atoms with Crippen molar-refractivity contribution in [1.29, 1.82) is 0 Å². The Morgan fingerprint density at radius 3 is 2.95 bits per heavy atom. The van der Waals surface area contributed by atoms with Crippen LogP contribution in [0.1, 0.15) is 24.8 Å². The number of rotatable bonds is 7. The molecule has 1 unspecified atom stereocenters.